The third-order valence-electron chi connectivity index (χ3n) is 9.84. The van der Waals surface area contributed by atoms with Crippen LogP contribution in [0.15, 0.2) is 18.2 Å². The number of morpholine rings is 1. The molecule has 240 valence electrons. The largest absolute Gasteiger partial charge is 0.507 e. The van der Waals surface area contributed by atoms with Crippen LogP contribution < -0.4 is 4.74 Å². The summed E-state index contributed by atoms with van der Waals surface area (Å²) in [4.78, 5) is 42.5. The summed E-state index contributed by atoms with van der Waals surface area (Å²) >= 11 is 0. The molecule has 6 unspecified atom stereocenters. The van der Waals surface area contributed by atoms with Crippen molar-refractivity contribution >= 4 is 17.3 Å². The average molecular weight is 626 g/mol. The number of aromatic hydroxyl groups is 2. The summed E-state index contributed by atoms with van der Waals surface area (Å²) in [5.41, 5.74) is -2.84. The SMILES string of the molecule is COc1cccc2c1C(=O)c1c(O)c3c(c(O)c1C2=O)C[C@@](O)(C(C)=O)C[C@@H]3OC1CC2C(OC3C(OC)OCCN23)C(C)O1. The maximum Gasteiger partial charge on any atom is 0.202 e. The fourth-order valence-corrected chi connectivity index (χ4v) is 7.60. The minimum Gasteiger partial charge on any atom is -0.507 e. The first kappa shape index (κ1) is 30.2. The van der Waals surface area contributed by atoms with Crippen molar-refractivity contribution in [1.82, 2.24) is 4.90 Å². The number of hydrogen-bond donors (Lipinski definition) is 3. The van der Waals surface area contributed by atoms with Crippen LogP contribution in [0.5, 0.6) is 17.2 Å². The Hall–Kier alpha value is -3.43. The Kier molecular flexibility index (Phi) is 7.28. The van der Waals surface area contributed by atoms with Crippen molar-refractivity contribution in [3.63, 3.8) is 0 Å². The van der Waals surface area contributed by atoms with Crippen LogP contribution in [-0.4, -0.2) is 108 Å². The topological polar surface area (TPSA) is 171 Å². The number of benzene rings is 2. The Morgan fingerprint density at radius 2 is 1.82 bits per heavy atom. The molecular weight excluding hydrogens is 590 g/mol. The van der Waals surface area contributed by atoms with Gasteiger partial charge in [-0.15, -0.1) is 0 Å². The number of ether oxygens (including phenoxy) is 6. The molecule has 2 aliphatic carbocycles. The van der Waals surface area contributed by atoms with Gasteiger partial charge < -0.3 is 43.7 Å². The standard InChI is InChI=1S/C32H35NO12/c1-13-29-17(33-8-9-42-31(41-4)30(33)45-29)10-20(43-13)44-19-12-32(39,14(2)34)11-16-22(19)28(38)24-23(26(16)36)25(35)15-6-5-7-18(40-3)21(15)27(24)37/h5-7,13,17,19-20,29-31,36,38-39H,8-12H2,1-4H3/t13?,17?,19-,20?,29?,30?,31?,32-/m0/s1. The van der Waals surface area contributed by atoms with Gasteiger partial charge in [0.2, 0.25) is 5.78 Å². The first-order chi connectivity index (χ1) is 21.5. The maximum absolute atomic E-state index is 13.9. The molecule has 7 rings (SSSR count). The van der Waals surface area contributed by atoms with E-state index in [-0.39, 0.29) is 52.1 Å². The zero-order valence-electron chi connectivity index (χ0n) is 25.3. The highest BCUT2D eigenvalue weighted by molar-refractivity contribution is 6.31. The van der Waals surface area contributed by atoms with Crippen molar-refractivity contribution in [2.24, 2.45) is 0 Å². The number of fused-ring (bicyclic) bond motifs is 6. The van der Waals surface area contributed by atoms with Crippen LogP contribution in [0.25, 0.3) is 0 Å². The Labute approximate surface area is 258 Å². The van der Waals surface area contributed by atoms with Crippen LogP contribution in [0, 0.1) is 0 Å². The second-order valence-electron chi connectivity index (χ2n) is 12.3. The van der Waals surface area contributed by atoms with E-state index in [1.165, 1.54) is 26.2 Å². The number of methoxy groups -OCH3 is 2. The molecule has 8 atom stereocenters. The number of nitrogens with zero attached hydrogens (tertiary/aromatic N) is 1. The number of ketones is 3. The summed E-state index contributed by atoms with van der Waals surface area (Å²) in [6.07, 6.45) is -4.14. The second-order valence-corrected chi connectivity index (χ2v) is 12.3. The molecular formula is C32H35NO12. The van der Waals surface area contributed by atoms with Crippen LogP contribution in [0.4, 0.5) is 0 Å². The normalized spacial score (nSPS) is 33.9. The van der Waals surface area contributed by atoms with Gasteiger partial charge in [0.15, 0.2) is 30.4 Å². The molecule has 3 aliphatic heterocycles. The highest BCUT2D eigenvalue weighted by atomic mass is 16.7. The lowest BCUT2D eigenvalue weighted by atomic mass is 9.72. The minimum absolute atomic E-state index is 0.00185. The third-order valence-corrected chi connectivity index (χ3v) is 9.84. The van der Waals surface area contributed by atoms with Crippen LogP contribution in [-0.2, 0) is 34.9 Å². The number of rotatable bonds is 5. The van der Waals surface area contributed by atoms with E-state index in [1.807, 2.05) is 6.92 Å². The highest BCUT2D eigenvalue weighted by Gasteiger charge is 2.55. The molecule has 3 N–H and O–H groups in total. The molecule has 0 radical (unpaired) electrons. The van der Waals surface area contributed by atoms with Gasteiger partial charge in [-0.25, -0.2) is 0 Å². The van der Waals surface area contributed by atoms with Gasteiger partial charge >= 0.3 is 0 Å². The van der Waals surface area contributed by atoms with Crippen molar-refractivity contribution in [2.45, 2.75) is 81.9 Å². The molecule has 0 bridgehead atoms. The molecule has 2 aromatic rings. The Balaban J connectivity index is 1.29. The first-order valence-corrected chi connectivity index (χ1v) is 15.0. The second kappa shape index (κ2) is 10.8. The number of carbonyl (C=O) groups excluding carboxylic acids is 3. The summed E-state index contributed by atoms with van der Waals surface area (Å²) in [6, 6.07) is 4.37. The molecule has 45 heavy (non-hydrogen) atoms. The number of hydrogen-bond acceptors (Lipinski definition) is 13. The number of Topliss-reactive ketones (excluding diaryl/α,β-unsaturated/α-hetero) is 1. The van der Waals surface area contributed by atoms with Crippen LogP contribution in [0.3, 0.4) is 0 Å². The highest BCUT2D eigenvalue weighted by Crippen LogP contribution is 2.53. The summed E-state index contributed by atoms with van der Waals surface area (Å²) < 4.78 is 35.4. The van der Waals surface area contributed by atoms with Gasteiger partial charge in [0.1, 0.15) is 29.0 Å². The Morgan fingerprint density at radius 1 is 1.07 bits per heavy atom. The number of carbonyl (C=O) groups is 3. The van der Waals surface area contributed by atoms with Crippen molar-refractivity contribution in [3.8, 4) is 17.2 Å². The van der Waals surface area contributed by atoms with E-state index in [9.17, 15) is 29.7 Å². The summed E-state index contributed by atoms with van der Waals surface area (Å²) in [6.45, 7) is 4.12. The van der Waals surface area contributed by atoms with E-state index in [4.69, 9.17) is 28.4 Å². The zero-order chi connectivity index (χ0) is 31.9. The fraction of sp³-hybridized carbons (Fsp3) is 0.531. The van der Waals surface area contributed by atoms with E-state index in [0.29, 0.717) is 19.6 Å². The summed E-state index contributed by atoms with van der Waals surface area (Å²) in [5.74, 6) is -3.01. The molecule has 3 fully saturated rings. The molecule has 3 heterocycles. The Morgan fingerprint density at radius 3 is 2.53 bits per heavy atom. The quantitative estimate of drug-likeness (QED) is 0.351. The van der Waals surface area contributed by atoms with Gasteiger partial charge in [-0.2, -0.15) is 0 Å². The first-order valence-electron chi connectivity index (χ1n) is 15.0. The Bertz CT molecular complexity index is 1610. The predicted molar refractivity (Wildman–Crippen MR) is 152 cm³/mol. The molecule has 13 nitrogen and oxygen atoms in total. The monoisotopic (exact) mass is 625 g/mol. The lowest BCUT2D eigenvalue weighted by molar-refractivity contribution is -0.256. The van der Waals surface area contributed by atoms with Gasteiger partial charge in [-0.1, -0.05) is 12.1 Å². The molecule has 13 heteroatoms. The van der Waals surface area contributed by atoms with E-state index in [0.717, 1.165) is 0 Å². The summed E-state index contributed by atoms with van der Waals surface area (Å²) in [5, 5.41) is 34.8. The van der Waals surface area contributed by atoms with Crippen molar-refractivity contribution < 1.29 is 58.1 Å². The van der Waals surface area contributed by atoms with E-state index in [1.54, 1.807) is 13.2 Å². The van der Waals surface area contributed by atoms with Crippen LogP contribution in [0.1, 0.15) is 75.8 Å². The zero-order valence-corrected chi connectivity index (χ0v) is 25.3. The molecule has 2 aromatic carbocycles. The predicted octanol–water partition coefficient (Wildman–Crippen LogP) is 1.74. The van der Waals surface area contributed by atoms with Crippen LogP contribution >= 0.6 is 0 Å². The molecule has 0 aromatic heterocycles. The van der Waals surface area contributed by atoms with Gasteiger partial charge in [-0.3, -0.25) is 19.3 Å². The minimum atomic E-state index is -1.99. The lowest BCUT2D eigenvalue weighted by Crippen LogP contribution is -2.55. The van der Waals surface area contributed by atoms with Gasteiger partial charge in [0.05, 0.1) is 42.6 Å². The fourth-order valence-electron chi connectivity index (χ4n) is 7.60. The van der Waals surface area contributed by atoms with Crippen LogP contribution in [0.2, 0.25) is 0 Å². The molecule has 5 aliphatic rings. The van der Waals surface area contributed by atoms with Crippen molar-refractivity contribution in [3.05, 3.63) is 51.6 Å². The average Bonchev–Trinajstić information content (AvgIpc) is 3.40. The molecule has 3 saturated heterocycles. The maximum atomic E-state index is 13.9. The molecule has 0 amide bonds. The van der Waals surface area contributed by atoms with E-state index >= 15 is 0 Å². The van der Waals surface area contributed by atoms with E-state index in [2.05, 4.69) is 4.90 Å². The molecule has 0 saturated carbocycles. The van der Waals surface area contributed by atoms with Crippen molar-refractivity contribution in [2.75, 3.05) is 27.4 Å². The number of aliphatic hydroxyl groups is 1. The lowest BCUT2D eigenvalue weighted by Gasteiger charge is -2.43. The summed E-state index contributed by atoms with van der Waals surface area (Å²) in [7, 11) is 2.91. The van der Waals surface area contributed by atoms with Gasteiger partial charge in [-0.05, 0) is 19.9 Å². The third kappa shape index (κ3) is 4.44. The van der Waals surface area contributed by atoms with E-state index < -0.39 is 77.4 Å². The smallest absolute Gasteiger partial charge is 0.202 e. The van der Waals surface area contributed by atoms with Gasteiger partial charge in [0, 0.05) is 55.6 Å². The van der Waals surface area contributed by atoms with Crippen molar-refractivity contribution in [1.29, 1.82) is 0 Å². The number of phenolic OH excluding ortho intramolecular Hbond substituents is 2. The number of phenols is 2. The molecule has 0 spiro atoms. The van der Waals surface area contributed by atoms with Gasteiger partial charge in [0.25, 0.3) is 0 Å².